The zero-order valence-electron chi connectivity index (χ0n) is 10.2. The molecule has 1 atom stereocenters. The van der Waals surface area contributed by atoms with Gasteiger partial charge in [-0.2, -0.15) is 0 Å². The maximum atomic E-state index is 13.1. The van der Waals surface area contributed by atoms with Gasteiger partial charge in [-0.3, -0.25) is 4.90 Å². The van der Waals surface area contributed by atoms with Gasteiger partial charge in [-0.1, -0.05) is 0 Å². The number of aliphatic hydroxyl groups excluding tert-OH is 1. The summed E-state index contributed by atoms with van der Waals surface area (Å²) in [7, 11) is 0. The highest BCUT2D eigenvalue weighted by molar-refractivity contribution is 5.85. The first-order valence-electron chi connectivity index (χ1n) is 5.64. The van der Waals surface area contributed by atoms with Crippen LogP contribution in [0, 0.1) is 0 Å². The lowest BCUT2D eigenvalue weighted by Gasteiger charge is -2.33. The second kappa shape index (κ2) is 8.71. The number of nitrogens with one attached hydrogen (secondary N) is 1. The SMILES string of the molecule is Cl.Cl.OCc1ccc([C@H](C(F)F)N2CCNCC2)o1. The maximum Gasteiger partial charge on any atom is 0.261 e. The van der Waals surface area contributed by atoms with Gasteiger partial charge in [0.1, 0.15) is 24.2 Å². The topological polar surface area (TPSA) is 48.6 Å². The van der Waals surface area contributed by atoms with Crippen molar-refractivity contribution < 1.29 is 18.3 Å². The molecule has 19 heavy (non-hydrogen) atoms. The van der Waals surface area contributed by atoms with Crippen molar-refractivity contribution in [3.05, 3.63) is 23.7 Å². The minimum absolute atomic E-state index is 0. The Bertz CT molecular complexity index is 360. The Morgan fingerprint density at radius 3 is 2.37 bits per heavy atom. The van der Waals surface area contributed by atoms with Crippen LogP contribution in [0.15, 0.2) is 16.5 Å². The second-order valence-electron chi connectivity index (χ2n) is 4.03. The molecule has 1 saturated heterocycles. The Kier molecular flexibility index (Phi) is 8.52. The molecule has 0 aromatic carbocycles. The summed E-state index contributed by atoms with van der Waals surface area (Å²) in [5, 5.41) is 12.0. The van der Waals surface area contributed by atoms with Gasteiger partial charge < -0.3 is 14.8 Å². The fourth-order valence-electron chi connectivity index (χ4n) is 2.06. The van der Waals surface area contributed by atoms with Gasteiger partial charge in [0.25, 0.3) is 6.43 Å². The first-order valence-corrected chi connectivity index (χ1v) is 5.64. The quantitative estimate of drug-likeness (QED) is 0.889. The van der Waals surface area contributed by atoms with Crippen molar-refractivity contribution in [1.29, 1.82) is 0 Å². The van der Waals surface area contributed by atoms with E-state index in [1.807, 2.05) is 0 Å². The maximum absolute atomic E-state index is 13.1. The number of furan rings is 1. The van der Waals surface area contributed by atoms with Crippen LogP contribution in [0.4, 0.5) is 8.78 Å². The predicted molar refractivity (Wildman–Crippen MR) is 72.3 cm³/mol. The molecule has 1 fully saturated rings. The van der Waals surface area contributed by atoms with Crippen molar-refractivity contribution in [3.8, 4) is 0 Å². The first-order chi connectivity index (χ1) is 8.22. The standard InChI is InChI=1S/C11H16F2N2O2.2ClH/c12-11(13)10(15-5-3-14-4-6-15)9-2-1-8(7-16)17-9;;/h1-2,10-11,14,16H,3-7H2;2*1H/t10-;;/m1../s1. The Labute approximate surface area is 123 Å². The van der Waals surface area contributed by atoms with Crippen molar-refractivity contribution >= 4 is 24.8 Å². The number of nitrogens with zero attached hydrogens (tertiary/aromatic N) is 1. The van der Waals surface area contributed by atoms with E-state index in [0.29, 0.717) is 31.9 Å². The van der Waals surface area contributed by atoms with E-state index in [0.717, 1.165) is 0 Å². The number of hydrogen-bond donors (Lipinski definition) is 2. The summed E-state index contributed by atoms with van der Waals surface area (Å²) in [6, 6.07) is 2.04. The third-order valence-electron chi connectivity index (χ3n) is 2.91. The fraction of sp³-hybridized carbons (Fsp3) is 0.636. The fourth-order valence-corrected chi connectivity index (χ4v) is 2.06. The summed E-state index contributed by atoms with van der Waals surface area (Å²) in [5.41, 5.74) is 0. The van der Waals surface area contributed by atoms with Gasteiger partial charge in [-0.05, 0) is 12.1 Å². The molecular formula is C11H18Cl2F2N2O2. The Hall–Kier alpha value is -0.400. The summed E-state index contributed by atoms with van der Waals surface area (Å²) in [6.45, 7) is 2.29. The molecule has 0 amide bonds. The molecule has 2 N–H and O–H groups in total. The molecule has 1 aromatic rings. The zero-order chi connectivity index (χ0) is 12.3. The molecule has 4 nitrogen and oxygen atoms in total. The van der Waals surface area contributed by atoms with Crippen LogP contribution in [0.25, 0.3) is 0 Å². The predicted octanol–water partition coefficient (Wildman–Crippen LogP) is 1.83. The van der Waals surface area contributed by atoms with Gasteiger partial charge in [-0.15, -0.1) is 24.8 Å². The average Bonchev–Trinajstić information content (AvgIpc) is 2.79. The highest BCUT2D eigenvalue weighted by Gasteiger charge is 2.32. The second-order valence-corrected chi connectivity index (χ2v) is 4.03. The molecule has 8 heteroatoms. The zero-order valence-corrected chi connectivity index (χ0v) is 11.9. The van der Waals surface area contributed by atoms with Crippen molar-refractivity contribution in [2.75, 3.05) is 26.2 Å². The molecule has 2 heterocycles. The van der Waals surface area contributed by atoms with Gasteiger partial charge in [0, 0.05) is 26.2 Å². The molecule has 1 aromatic heterocycles. The third-order valence-corrected chi connectivity index (χ3v) is 2.91. The summed E-state index contributed by atoms with van der Waals surface area (Å²) >= 11 is 0. The number of piperazine rings is 1. The van der Waals surface area contributed by atoms with E-state index in [2.05, 4.69) is 5.32 Å². The molecule has 112 valence electrons. The molecule has 2 rings (SSSR count). The van der Waals surface area contributed by atoms with E-state index >= 15 is 0 Å². The number of alkyl halides is 2. The van der Waals surface area contributed by atoms with Crippen molar-refractivity contribution in [3.63, 3.8) is 0 Å². The molecule has 0 saturated carbocycles. The molecule has 1 aliphatic heterocycles. The Balaban J connectivity index is 0.00000162. The van der Waals surface area contributed by atoms with Crippen LogP contribution in [-0.2, 0) is 6.61 Å². The lowest BCUT2D eigenvalue weighted by atomic mass is 10.1. The number of halogens is 4. The minimum Gasteiger partial charge on any atom is -0.462 e. The van der Waals surface area contributed by atoms with Gasteiger partial charge >= 0.3 is 0 Å². The van der Waals surface area contributed by atoms with Crippen molar-refractivity contribution in [1.82, 2.24) is 10.2 Å². The molecule has 0 spiro atoms. The van der Waals surface area contributed by atoms with Crippen LogP contribution in [0.2, 0.25) is 0 Å². The van der Waals surface area contributed by atoms with Crippen LogP contribution < -0.4 is 5.32 Å². The van der Waals surface area contributed by atoms with Crippen LogP contribution in [0.1, 0.15) is 17.6 Å². The van der Waals surface area contributed by atoms with Crippen LogP contribution in [-0.4, -0.2) is 42.6 Å². The van der Waals surface area contributed by atoms with E-state index in [1.165, 1.54) is 12.1 Å². The molecule has 0 aliphatic carbocycles. The van der Waals surface area contributed by atoms with Gasteiger partial charge in [0.15, 0.2) is 0 Å². The van der Waals surface area contributed by atoms with E-state index in [4.69, 9.17) is 9.52 Å². The molecule has 0 unspecified atom stereocenters. The van der Waals surface area contributed by atoms with Crippen LogP contribution in [0.3, 0.4) is 0 Å². The average molecular weight is 319 g/mol. The lowest BCUT2D eigenvalue weighted by Crippen LogP contribution is -2.46. The molecule has 1 aliphatic rings. The number of hydrogen-bond acceptors (Lipinski definition) is 4. The van der Waals surface area contributed by atoms with Gasteiger partial charge in [-0.25, -0.2) is 8.78 Å². The highest BCUT2D eigenvalue weighted by Crippen LogP contribution is 2.29. The smallest absolute Gasteiger partial charge is 0.261 e. The molecule has 0 bridgehead atoms. The lowest BCUT2D eigenvalue weighted by molar-refractivity contribution is 0.00641. The normalized spacial score (nSPS) is 17.7. The molecule has 0 radical (unpaired) electrons. The monoisotopic (exact) mass is 318 g/mol. The number of aliphatic hydroxyl groups is 1. The van der Waals surface area contributed by atoms with Gasteiger partial charge in [0.2, 0.25) is 0 Å². The summed E-state index contributed by atoms with van der Waals surface area (Å²) in [6.07, 6.45) is -2.49. The van der Waals surface area contributed by atoms with Gasteiger partial charge in [0.05, 0.1) is 0 Å². The summed E-state index contributed by atoms with van der Waals surface area (Å²) in [5.74, 6) is 0.548. The van der Waals surface area contributed by atoms with E-state index < -0.39 is 12.5 Å². The van der Waals surface area contributed by atoms with Crippen molar-refractivity contribution in [2.24, 2.45) is 0 Å². The summed E-state index contributed by atoms with van der Waals surface area (Å²) < 4.78 is 31.4. The highest BCUT2D eigenvalue weighted by atomic mass is 35.5. The van der Waals surface area contributed by atoms with Crippen LogP contribution in [0.5, 0.6) is 0 Å². The molecular weight excluding hydrogens is 301 g/mol. The van der Waals surface area contributed by atoms with E-state index in [9.17, 15) is 8.78 Å². The summed E-state index contributed by atoms with van der Waals surface area (Å²) in [4.78, 5) is 1.71. The van der Waals surface area contributed by atoms with E-state index in [1.54, 1.807) is 4.90 Å². The first kappa shape index (κ1) is 18.6. The Morgan fingerprint density at radius 2 is 1.89 bits per heavy atom. The Morgan fingerprint density at radius 1 is 1.26 bits per heavy atom. The third kappa shape index (κ3) is 4.57. The van der Waals surface area contributed by atoms with Crippen LogP contribution >= 0.6 is 24.8 Å². The minimum atomic E-state index is -2.49. The van der Waals surface area contributed by atoms with E-state index in [-0.39, 0.29) is 37.2 Å². The van der Waals surface area contributed by atoms with Crippen molar-refractivity contribution in [2.45, 2.75) is 19.1 Å². The number of rotatable bonds is 4. The largest absolute Gasteiger partial charge is 0.462 e.